The van der Waals surface area contributed by atoms with Gasteiger partial charge < -0.3 is 9.47 Å². The van der Waals surface area contributed by atoms with Crippen molar-refractivity contribution < 1.29 is 9.47 Å². The van der Waals surface area contributed by atoms with Crippen molar-refractivity contribution in [1.29, 1.82) is 0 Å². The molecule has 2 atom stereocenters. The SMILES string of the molecule is COc1ccc(C=NC2CCCCC2N=Cc2ccc(OC)cc2)cc1. The average molecular weight is 350 g/mol. The molecule has 2 unspecified atom stereocenters. The van der Waals surface area contributed by atoms with Gasteiger partial charge in [-0.15, -0.1) is 0 Å². The maximum Gasteiger partial charge on any atom is 0.118 e. The molecule has 4 nitrogen and oxygen atoms in total. The highest BCUT2D eigenvalue weighted by Gasteiger charge is 2.23. The lowest BCUT2D eigenvalue weighted by atomic mass is 9.91. The molecule has 1 saturated carbocycles. The molecule has 1 fully saturated rings. The van der Waals surface area contributed by atoms with E-state index in [-0.39, 0.29) is 12.1 Å². The molecule has 1 aliphatic rings. The summed E-state index contributed by atoms with van der Waals surface area (Å²) in [6.45, 7) is 0. The van der Waals surface area contributed by atoms with E-state index in [2.05, 4.69) is 0 Å². The summed E-state index contributed by atoms with van der Waals surface area (Å²) in [7, 11) is 3.35. The van der Waals surface area contributed by atoms with Gasteiger partial charge in [-0.1, -0.05) is 12.8 Å². The summed E-state index contributed by atoms with van der Waals surface area (Å²) in [5.41, 5.74) is 2.18. The standard InChI is InChI=1S/C22H26N2O2/c1-25-19-11-7-17(8-12-19)15-23-21-5-3-4-6-22(21)24-16-18-9-13-20(26-2)14-10-18/h7-16,21-22H,3-6H2,1-2H3. The molecule has 4 heteroatoms. The number of hydrogen-bond acceptors (Lipinski definition) is 4. The van der Waals surface area contributed by atoms with Crippen molar-refractivity contribution in [3.05, 3.63) is 59.7 Å². The van der Waals surface area contributed by atoms with Crippen LogP contribution in [-0.4, -0.2) is 38.7 Å². The molecule has 0 aromatic heterocycles. The van der Waals surface area contributed by atoms with Crippen LogP contribution in [-0.2, 0) is 0 Å². The first-order chi connectivity index (χ1) is 12.8. The highest BCUT2D eigenvalue weighted by Crippen LogP contribution is 2.24. The molecule has 0 heterocycles. The molecular formula is C22H26N2O2. The van der Waals surface area contributed by atoms with Crippen molar-refractivity contribution >= 4 is 12.4 Å². The Labute approximate surface area is 155 Å². The first kappa shape index (κ1) is 18.2. The highest BCUT2D eigenvalue weighted by molar-refractivity contribution is 5.81. The van der Waals surface area contributed by atoms with E-state index in [0.717, 1.165) is 35.5 Å². The Kier molecular flexibility index (Phi) is 6.42. The summed E-state index contributed by atoms with van der Waals surface area (Å²) in [5.74, 6) is 1.73. The summed E-state index contributed by atoms with van der Waals surface area (Å²) in [4.78, 5) is 9.66. The molecule has 0 radical (unpaired) electrons. The Bertz CT molecular complexity index is 670. The van der Waals surface area contributed by atoms with Crippen LogP contribution in [0.3, 0.4) is 0 Å². The fourth-order valence-electron chi connectivity index (χ4n) is 3.18. The summed E-state index contributed by atoms with van der Waals surface area (Å²) < 4.78 is 10.4. The van der Waals surface area contributed by atoms with Crippen LogP contribution < -0.4 is 9.47 Å². The molecule has 1 aliphatic carbocycles. The lowest BCUT2D eigenvalue weighted by Gasteiger charge is -2.25. The predicted octanol–water partition coefficient (Wildman–Crippen LogP) is 4.55. The van der Waals surface area contributed by atoms with Gasteiger partial charge in [-0.05, 0) is 72.5 Å². The summed E-state index contributed by atoms with van der Waals surface area (Å²) >= 11 is 0. The van der Waals surface area contributed by atoms with Gasteiger partial charge >= 0.3 is 0 Å². The molecule has 2 aromatic carbocycles. The zero-order chi connectivity index (χ0) is 18.2. The van der Waals surface area contributed by atoms with Gasteiger partial charge in [-0.3, -0.25) is 9.98 Å². The molecule has 3 rings (SSSR count). The van der Waals surface area contributed by atoms with Gasteiger partial charge in [0.05, 0.1) is 26.3 Å². The van der Waals surface area contributed by atoms with Crippen molar-refractivity contribution in [2.45, 2.75) is 37.8 Å². The fourth-order valence-corrected chi connectivity index (χ4v) is 3.18. The van der Waals surface area contributed by atoms with Crippen molar-refractivity contribution in [1.82, 2.24) is 0 Å². The zero-order valence-electron chi connectivity index (χ0n) is 15.5. The number of aliphatic imine (C=N–C) groups is 2. The Hall–Kier alpha value is -2.62. The Balaban J connectivity index is 1.66. The van der Waals surface area contributed by atoms with Crippen molar-refractivity contribution in [3.8, 4) is 11.5 Å². The van der Waals surface area contributed by atoms with Gasteiger partial charge in [0.15, 0.2) is 0 Å². The maximum atomic E-state index is 5.20. The van der Waals surface area contributed by atoms with Crippen molar-refractivity contribution in [3.63, 3.8) is 0 Å². The minimum Gasteiger partial charge on any atom is -0.497 e. The molecule has 0 saturated heterocycles. The third-order valence-corrected chi connectivity index (χ3v) is 4.76. The van der Waals surface area contributed by atoms with Crippen LogP contribution in [0.25, 0.3) is 0 Å². The van der Waals surface area contributed by atoms with Crippen LogP contribution in [0.4, 0.5) is 0 Å². The van der Waals surface area contributed by atoms with Gasteiger partial charge in [0.1, 0.15) is 11.5 Å². The van der Waals surface area contributed by atoms with E-state index in [4.69, 9.17) is 19.5 Å². The van der Waals surface area contributed by atoms with Gasteiger partial charge in [0, 0.05) is 12.4 Å². The van der Waals surface area contributed by atoms with Crippen LogP contribution in [0.1, 0.15) is 36.8 Å². The van der Waals surface area contributed by atoms with Crippen LogP contribution >= 0.6 is 0 Å². The molecule has 0 amide bonds. The highest BCUT2D eigenvalue weighted by atomic mass is 16.5. The molecule has 2 aromatic rings. The third-order valence-electron chi connectivity index (χ3n) is 4.76. The third kappa shape index (κ3) is 4.94. The monoisotopic (exact) mass is 350 g/mol. The lowest BCUT2D eigenvalue weighted by molar-refractivity contribution is 0.390. The van der Waals surface area contributed by atoms with E-state index in [1.165, 1.54) is 12.8 Å². The Morgan fingerprint density at radius 2 is 1.08 bits per heavy atom. The van der Waals surface area contributed by atoms with E-state index >= 15 is 0 Å². The minimum atomic E-state index is 0.250. The molecule has 26 heavy (non-hydrogen) atoms. The number of benzene rings is 2. The fraction of sp³-hybridized carbons (Fsp3) is 0.364. The molecule has 0 aliphatic heterocycles. The number of ether oxygens (including phenoxy) is 2. The lowest BCUT2D eigenvalue weighted by Crippen LogP contribution is -2.27. The largest absolute Gasteiger partial charge is 0.497 e. The molecule has 0 bridgehead atoms. The van der Waals surface area contributed by atoms with E-state index in [1.54, 1.807) is 14.2 Å². The number of methoxy groups -OCH3 is 2. The first-order valence-electron chi connectivity index (χ1n) is 9.13. The maximum absolute atomic E-state index is 5.20. The van der Waals surface area contributed by atoms with Crippen LogP contribution in [0.2, 0.25) is 0 Å². The molecule has 136 valence electrons. The first-order valence-corrected chi connectivity index (χ1v) is 9.13. The average Bonchev–Trinajstić information content (AvgIpc) is 2.72. The summed E-state index contributed by atoms with van der Waals surface area (Å²) in [5, 5.41) is 0. The van der Waals surface area contributed by atoms with E-state index in [1.807, 2.05) is 61.0 Å². The van der Waals surface area contributed by atoms with E-state index < -0.39 is 0 Å². The smallest absolute Gasteiger partial charge is 0.118 e. The minimum absolute atomic E-state index is 0.250. The quantitative estimate of drug-likeness (QED) is 0.717. The van der Waals surface area contributed by atoms with E-state index in [9.17, 15) is 0 Å². The van der Waals surface area contributed by atoms with Crippen LogP contribution in [0.5, 0.6) is 11.5 Å². The molecule has 0 N–H and O–H groups in total. The molecule has 0 spiro atoms. The second-order valence-corrected chi connectivity index (χ2v) is 6.52. The molecular weight excluding hydrogens is 324 g/mol. The number of rotatable bonds is 6. The second kappa shape index (κ2) is 9.18. The number of nitrogens with zero attached hydrogens (tertiary/aromatic N) is 2. The van der Waals surface area contributed by atoms with Gasteiger partial charge in [0.2, 0.25) is 0 Å². The van der Waals surface area contributed by atoms with Crippen LogP contribution in [0.15, 0.2) is 58.5 Å². The predicted molar refractivity (Wildman–Crippen MR) is 107 cm³/mol. The summed E-state index contributed by atoms with van der Waals surface area (Å²) in [6, 6.07) is 16.5. The van der Waals surface area contributed by atoms with Crippen molar-refractivity contribution in [2.75, 3.05) is 14.2 Å². The van der Waals surface area contributed by atoms with Gasteiger partial charge in [0.25, 0.3) is 0 Å². The topological polar surface area (TPSA) is 43.2 Å². The summed E-state index contributed by atoms with van der Waals surface area (Å²) in [6.07, 6.45) is 8.56. The second-order valence-electron chi connectivity index (χ2n) is 6.52. The van der Waals surface area contributed by atoms with E-state index in [0.29, 0.717) is 0 Å². The Morgan fingerprint density at radius 3 is 1.42 bits per heavy atom. The normalized spacial score (nSPS) is 20.5. The zero-order valence-corrected chi connectivity index (χ0v) is 15.5. The van der Waals surface area contributed by atoms with Gasteiger partial charge in [-0.25, -0.2) is 0 Å². The Morgan fingerprint density at radius 1 is 0.692 bits per heavy atom. The van der Waals surface area contributed by atoms with Crippen LogP contribution in [0, 0.1) is 0 Å². The van der Waals surface area contributed by atoms with Gasteiger partial charge in [-0.2, -0.15) is 0 Å². The number of hydrogen-bond donors (Lipinski definition) is 0. The van der Waals surface area contributed by atoms with Crippen molar-refractivity contribution in [2.24, 2.45) is 9.98 Å².